The van der Waals surface area contributed by atoms with Gasteiger partial charge in [0.1, 0.15) is 0 Å². The van der Waals surface area contributed by atoms with Crippen LogP contribution in [0.3, 0.4) is 0 Å². The largest absolute Gasteiger partial charge is 0.345 e. The van der Waals surface area contributed by atoms with Gasteiger partial charge in [-0.05, 0) is 38.4 Å². The van der Waals surface area contributed by atoms with Gasteiger partial charge in [-0.3, -0.25) is 14.5 Å². The predicted molar refractivity (Wildman–Crippen MR) is 80.8 cm³/mol. The Bertz CT molecular complexity index is 593. The minimum absolute atomic E-state index is 0.0991. The van der Waals surface area contributed by atoms with E-state index in [1.165, 1.54) is 0 Å². The van der Waals surface area contributed by atoms with E-state index in [1.807, 2.05) is 30.7 Å². The van der Waals surface area contributed by atoms with Crippen LogP contribution in [0.25, 0.3) is 0 Å². The maximum absolute atomic E-state index is 12.3. The number of aryl methyl sites for hydroxylation is 1. The van der Waals surface area contributed by atoms with E-state index in [9.17, 15) is 4.79 Å². The molecule has 0 saturated heterocycles. The zero-order chi connectivity index (χ0) is 15.2. The Labute approximate surface area is 124 Å². The van der Waals surface area contributed by atoms with Crippen molar-refractivity contribution in [2.24, 2.45) is 5.73 Å². The average molecular weight is 287 g/mol. The normalized spacial score (nSPS) is 12.1. The summed E-state index contributed by atoms with van der Waals surface area (Å²) in [5, 5.41) is 7.21. The van der Waals surface area contributed by atoms with Crippen molar-refractivity contribution in [2.75, 3.05) is 6.54 Å². The van der Waals surface area contributed by atoms with Crippen molar-refractivity contribution in [2.45, 2.75) is 32.9 Å². The lowest BCUT2D eigenvalue weighted by Gasteiger charge is -2.13. The first-order valence-corrected chi connectivity index (χ1v) is 7.06. The lowest BCUT2D eigenvalue weighted by atomic mass is 10.1. The van der Waals surface area contributed by atoms with Crippen LogP contribution < -0.4 is 11.1 Å². The third kappa shape index (κ3) is 3.66. The van der Waals surface area contributed by atoms with Gasteiger partial charge in [0.2, 0.25) is 0 Å². The van der Waals surface area contributed by atoms with Gasteiger partial charge in [-0.15, -0.1) is 0 Å². The first-order chi connectivity index (χ1) is 10.1. The number of hydrogen-bond donors (Lipinski definition) is 2. The summed E-state index contributed by atoms with van der Waals surface area (Å²) in [6.07, 6.45) is 5.92. The van der Waals surface area contributed by atoms with E-state index < -0.39 is 0 Å². The summed E-state index contributed by atoms with van der Waals surface area (Å²) < 4.78 is 1.82. The second-order valence-corrected chi connectivity index (χ2v) is 4.99. The zero-order valence-electron chi connectivity index (χ0n) is 12.4. The third-order valence-corrected chi connectivity index (χ3v) is 3.45. The third-order valence-electron chi connectivity index (χ3n) is 3.45. The molecule has 0 aliphatic carbocycles. The summed E-state index contributed by atoms with van der Waals surface area (Å²) in [6, 6.07) is 3.70. The highest BCUT2D eigenvalue weighted by molar-refractivity contribution is 5.95. The quantitative estimate of drug-likeness (QED) is 0.841. The number of nitrogens with one attached hydrogen (secondary N) is 1. The Morgan fingerprint density at radius 3 is 2.95 bits per heavy atom. The summed E-state index contributed by atoms with van der Waals surface area (Å²) >= 11 is 0. The minimum Gasteiger partial charge on any atom is -0.345 e. The van der Waals surface area contributed by atoms with Gasteiger partial charge in [-0.2, -0.15) is 5.10 Å². The van der Waals surface area contributed by atoms with Crippen molar-refractivity contribution in [1.29, 1.82) is 0 Å². The molecule has 0 fully saturated rings. The number of aromatic nitrogens is 3. The van der Waals surface area contributed by atoms with Crippen LogP contribution in [-0.4, -0.2) is 27.2 Å². The fourth-order valence-electron chi connectivity index (χ4n) is 2.13. The van der Waals surface area contributed by atoms with Gasteiger partial charge in [0.05, 0.1) is 17.8 Å². The molecule has 2 aromatic heterocycles. The highest BCUT2D eigenvalue weighted by Crippen LogP contribution is 2.13. The van der Waals surface area contributed by atoms with Crippen molar-refractivity contribution in [3.8, 4) is 0 Å². The Balaban J connectivity index is 2.05. The molecule has 0 aliphatic heterocycles. The summed E-state index contributed by atoms with van der Waals surface area (Å²) in [5.74, 6) is -0.122. The molecule has 0 aliphatic rings. The minimum atomic E-state index is -0.122. The summed E-state index contributed by atoms with van der Waals surface area (Å²) in [7, 11) is 0. The van der Waals surface area contributed by atoms with E-state index in [2.05, 4.69) is 15.4 Å². The first kappa shape index (κ1) is 15.2. The molecule has 3 N–H and O–H groups in total. The van der Waals surface area contributed by atoms with Gasteiger partial charge in [-0.25, -0.2) is 0 Å². The Kier molecular flexibility index (Phi) is 5.05. The highest BCUT2D eigenvalue weighted by atomic mass is 16.1. The van der Waals surface area contributed by atoms with Crippen molar-refractivity contribution < 1.29 is 4.79 Å². The van der Waals surface area contributed by atoms with Gasteiger partial charge < -0.3 is 11.1 Å². The molecule has 1 atom stereocenters. The molecule has 0 bridgehead atoms. The molecule has 0 radical (unpaired) electrons. The molecule has 2 rings (SSSR count). The van der Waals surface area contributed by atoms with Crippen LogP contribution in [0.1, 0.15) is 41.0 Å². The SMILES string of the molecule is Cc1c(C(=O)NC(C)c2cccnc2)cnn1CCCN. The van der Waals surface area contributed by atoms with E-state index in [4.69, 9.17) is 5.73 Å². The van der Waals surface area contributed by atoms with E-state index in [0.29, 0.717) is 12.1 Å². The number of nitrogens with two attached hydrogens (primary N) is 1. The second kappa shape index (κ2) is 6.99. The van der Waals surface area contributed by atoms with Crippen LogP contribution in [0.5, 0.6) is 0 Å². The molecule has 6 nitrogen and oxygen atoms in total. The van der Waals surface area contributed by atoms with Crippen LogP contribution in [0.4, 0.5) is 0 Å². The fourth-order valence-corrected chi connectivity index (χ4v) is 2.13. The molecule has 0 saturated carbocycles. The Morgan fingerprint density at radius 2 is 2.29 bits per heavy atom. The number of hydrogen-bond acceptors (Lipinski definition) is 4. The van der Waals surface area contributed by atoms with Crippen molar-refractivity contribution in [3.63, 3.8) is 0 Å². The predicted octanol–water partition coefficient (Wildman–Crippen LogP) is 1.43. The van der Waals surface area contributed by atoms with E-state index in [-0.39, 0.29) is 11.9 Å². The molecular weight excluding hydrogens is 266 g/mol. The summed E-state index contributed by atoms with van der Waals surface area (Å²) in [5.41, 5.74) is 7.93. The van der Waals surface area contributed by atoms with E-state index in [1.54, 1.807) is 18.6 Å². The van der Waals surface area contributed by atoms with Crippen LogP contribution in [0, 0.1) is 6.92 Å². The number of amides is 1. The molecular formula is C15H21N5O. The van der Waals surface area contributed by atoms with Crippen molar-refractivity contribution in [1.82, 2.24) is 20.1 Å². The maximum atomic E-state index is 12.3. The highest BCUT2D eigenvalue weighted by Gasteiger charge is 2.16. The molecule has 1 amide bonds. The van der Waals surface area contributed by atoms with Crippen molar-refractivity contribution >= 4 is 5.91 Å². The number of pyridine rings is 1. The van der Waals surface area contributed by atoms with Gasteiger partial charge >= 0.3 is 0 Å². The van der Waals surface area contributed by atoms with Crippen molar-refractivity contribution in [3.05, 3.63) is 47.5 Å². The van der Waals surface area contributed by atoms with Gasteiger partial charge in [-0.1, -0.05) is 6.07 Å². The number of carbonyl (C=O) groups excluding carboxylic acids is 1. The molecule has 1 unspecified atom stereocenters. The fraction of sp³-hybridized carbons (Fsp3) is 0.400. The van der Waals surface area contributed by atoms with Crippen LogP contribution in [0.2, 0.25) is 0 Å². The summed E-state index contributed by atoms with van der Waals surface area (Å²) in [6.45, 7) is 5.17. The van der Waals surface area contributed by atoms with Crippen LogP contribution in [0.15, 0.2) is 30.7 Å². The Morgan fingerprint density at radius 1 is 1.48 bits per heavy atom. The van der Waals surface area contributed by atoms with Gasteiger partial charge in [0.15, 0.2) is 0 Å². The average Bonchev–Trinajstić information content (AvgIpc) is 2.87. The molecule has 0 spiro atoms. The molecule has 2 aromatic rings. The lowest BCUT2D eigenvalue weighted by molar-refractivity contribution is 0.0939. The monoisotopic (exact) mass is 287 g/mol. The smallest absolute Gasteiger partial charge is 0.255 e. The second-order valence-electron chi connectivity index (χ2n) is 4.99. The van der Waals surface area contributed by atoms with Gasteiger partial charge in [0, 0.05) is 24.6 Å². The maximum Gasteiger partial charge on any atom is 0.255 e. The molecule has 0 aromatic carbocycles. The summed E-state index contributed by atoms with van der Waals surface area (Å²) in [4.78, 5) is 16.4. The molecule has 2 heterocycles. The molecule has 21 heavy (non-hydrogen) atoms. The zero-order valence-corrected chi connectivity index (χ0v) is 12.4. The number of rotatable bonds is 6. The first-order valence-electron chi connectivity index (χ1n) is 7.06. The molecule has 112 valence electrons. The topological polar surface area (TPSA) is 85.8 Å². The van der Waals surface area contributed by atoms with Crippen LogP contribution in [-0.2, 0) is 6.54 Å². The van der Waals surface area contributed by atoms with E-state index in [0.717, 1.165) is 24.2 Å². The van der Waals surface area contributed by atoms with Crippen LogP contribution >= 0.6 is 0 Å². The molecule has 6 heteroatoms. The number of carbonyl (C=O) groups is 1. The standard InChI is InChI=1S/C15H21N5O/c1-11(13-5-3-7-17-9-13)19-15(21)14-10-18-20(12(14)2)8-4-6-16/h3,5,7,9-11H,4,6,8,16H2,1-2H3,(H,19,21). The lowest BCUT2D eigenvalue weighted by Crippen LogP contribution is -2.27. The van der Waals surface area contributed by atoms with E-state index >= 15 is 0 Å². The Hall–Kier alpha value is -2.21. The van der Waals surface area contributed by atoms with Gasteiger partial charge in [0.25, 0.3) is 5.91 Å². The number of nitrogens with zero attached hydrogens (tertiary/aromatic N) is 3.